The SMILES string of the molecule is CC(C)C(NC(=O)c1cccc(C(=O)O)c1)C(=O)N1CCC(N)(c2ccc(Cl)cc2)C(C)(C)C1. The van der Waals surface area contributed by atoms with Gasteiger partial charge in [0.25, 0.3) is 5.91 Å². The van der Waals surface area contributed by atoms with Crippen molar-refractivity contribution in [2.45, 2.75) is 45.7 Å². The Kier molecular flexibility index (Phi) is 7.38. The number of benzene rings is 2. The van der Waals surface area contributed by atoms with Crippen LogP contribution < -0.4 is 11.1 Å². The lowest BCUT2D eigenvalue weighted by Crippen LogP contribution is -2.63. The second kappa shape index (κ2) is 9.76. The van der Waals surface area contributed by atoms with Crippen molar-refractivity contribution >= 4 is 29.4 Å². The van der Waals surface area contributed by atoms with Gasteiger partial charge in [0.15, 0.2) is 0 Å². The molecule has 2 aromatic rings. The van der Waals surface area contributed by atoms with E-state index in [1.807, 2.05) is 52.0 Å². The Morgan fingerprint density at radius 2 is 1.71 bits per heavy atom. The summed E-state index contributed by atoms with van der Waals surface area (Å²) in [4.78, 5) is 39.4. The lowest BCUT2D eigenvalue weighted by Gasteiger charge is -2.52. The van der Waals surface area contributed by atoms with Gasteiger partial charge in [-0.3, -0.25) is 9.59 Å². The number of nitrogens with two attached hydrogens (primary N) is 1. The Balaban J connectivity index is 1.78. The standard InChI is InChI=1S/C26H32ClN3O4/c1-16(2)21(29-22(31)17-6-5-7-18(14-17)24(33)34)23(32)30-13-12-26(28,25(3,4)15-30)19-8-10-20(27)11-9-19/h5-11,14,16,21H,12-13,15,28H2,1-4H3,(H,29,31)(H,33,34). The minimum atomic E-state index is -1.12. The van der Waals surface area contributed by atoms with Crippen LogP contribution in [0.25, 0.3) is 0 Å². The fourth-order valence-corrected chi connectivity index (χ4v) is 4.67. The van der Waals surface area contributed by atoms with Crippen molar-refractivity contribution < 1.29 is 19.5 Å². The van der Waals surface area contributed by atoms with Gasteiger partial charge >= 0.3 is 5.97 Å². The summed E-state index contributed by atoms with van der Waals surface area (Å²) >= 11 is 6.05. The highest BCUT2D eigenvalue weighted by Gasteiger charge is 2.49. The highest BCUT2D eigenvalue weighted by atomic mass is 35.5. The number of halogens is 1. The number of carboxylic acids is 1. The number of nitrogens with one attached hydrogen (secondary N) is 1. The number of carbonyl (C=O) groups is 3. The maximum Gasteiger partial charge on any atom is 0.335 e. The molecule has 7 nitrogen and oxygen atoms in total. The van der Waals surface area contributed by atoms with Crippen molar-refractivity contribution in [2.24, 2.45) is 17.1 Å². The molecule has 0 saturated carbocycles. The molecule has 1 saturated heterocycles. The highest BCUT2D eigenvalue weighted by Crippen LogP contribution is 2.44. The number of hydrogen-bond acceptors (Lipinski definition) is 4. The fraction of sp³-hybridized carbons (Fsp3) is 0.423. The van der Waals surface area contributed by atoms with E-state index in [0.29, 0.717) is 24.5 Å². The van der Waals surface area contributed by atoms with Crippen molar-refractivity contribution in [2.75, 3.05) is 13.1 Å². The van der Waals surface area contributed by atoms with Crippen molar-refractivity contribution in [1.82, 2.24) is 10.2 Å². The molecule has 34 heavy (non-hydrogen) atoms. The van der Waals surface area contributed by atoms with Crippen molar-refractivity contribution in [3.63, 3.8) is 0 Å². The van der Waals surface area contributed by atoms with Crippen LogP contribution >= 0.6 is 11.6 Å². The molecule has 2 amide bonds. The average Bonchev–Trinajstić information content (AvgIpc) is 2.78. The van der Waals surface area contributed by atoms with Gasteiger partial charge in [-0.15, -0.1) is 0 Å². The summed E-state index contributed by atoms with van der Waals surface area (Å²) in [6, 6.07) is 12.5. The van der Waals surface area contributed by atoms with Gasteiger partial charge in [0.1, 0.15) is 6.04 Å². The van der Waals surface area contributed by atoms with Crippen LogP contribution in [0, 0.1) is 11.3 Å². The number of aromatic carboxylic acids is 1. The summed E-state index contributed by atoms with van der Waals surface area (Å²) in [5, 5.41) is 12.7. The summed E-state index contributed by atoms with van der Waals surface area (Å²) in [7, 11) is 0. The number of carbonyl (C=O) groups excluding carboxylic acids is 2. The van der Waals surface area contributed by atoms with E-state index in [-0.39, 0.29) is 23.0 Å². The number of carboxylic acid groups (broad SMARTS) is 1. The van der Waals surface area contributed by atoms with Gasteiger partial charge in [-0.1, -0.05) is 57.5 Å². The number of rotatable bonds is 6. The van der Waals surface area contributed by atoms with E-state index in [4.69, 9.17) is 17.3 Å². The predicted octanol–water partition coefficient (Wildman–Crippen LogP) is 3.91. The van der Waals surface area contributed by atoms with E-state index >= 15 is 0 Å². The third-order valence-electron chi connectivity index (χ3n) is 6.83. The van der Waals surface area contributed by atoms with Gasteiger partial charge in [-0.25, -0.2) is 4.79 Å². The van der Waals surface area contributed by atoms with E-state index < -0.39 is 28.9 Å². The normalized spacial score (nSPS) is 20.6. The van der Waals surface area contributed by atoms with Crippen molar-refractivity contribution in [3.8, 4) is 0 Å². The number of nitrogens with zero attached hydrogens (tertiary/aromatic N) is 1. The zero-order valence-corrected chi connectivity index (χ0v) is 20.7. The van der Waals surface area contributed by atoms with E-state index in [1.54, 1.807) is 4.90 Å². The van der Waals surface area contributed by atoms with Crippen LogP contribution in [0.4, 0.5) is 0 Å². The Labute approximate surface area is 205 Å². The van der Waals surface area contributed by atoms with Crippen LogP contribution in [0.1, 0.15) is 60.4 Å². The van der Waals surface area contributed by atoms with Crippen LogP contribution in [0.3, 0.4) is 0 Å². The molecule has 2 atom stereocenters. The molecule has 182 valence electrons. The average molecular weight is 486 g/mol. The predicted molar refractivity (Wildman–Crippen MR) is 132 cm³/mol. The zero-order valence-electron chi connectivity index (χ0n) is 20.0. The summed E-state index contributed by atoms with van der Waals surface area (Å²) < 4.78 is 0. The summed E-state index contributed by atoms with van der Waals surface area (Å²) in [6.07, 6.45) is 0.562. The minimum Gasteiger partial charge on any atom is -0.478 e. The Morgan fingerprint density at radius 1 is 1.09 bits per heavy atom. The molecule has 0 aliphatic carbocycles. The molecular weight excluding hydrogens is 454 g/mol. The quantitative estimate of drug-likeness (QED) is 0.574. The second-order valence-corrected chi connectivity index (χ2v) is 10.4. The lowest BCUT2D eigenvalue weighted by atomic mass is 9.64. The third-order valence-corrected chi connectivity index (χ3v) is 7.08. The summed E-state index contributed by atoms with van der Waals surface area (Å²) in [6.45, 7) is 8.70. The topological polar surface area (TPSA) is 113 Å². The smallest absolute Gasteiger partial charge is 0.335 e. The Bertz CT molecular complexity index is 1080. The highest BCUT2D eigenvalue weighted by molar-refractivity contribution is 6.30. The van der Waals surface area contributed by atoms with Gasteiger partial charge in [0, 0.05) is 34.6 Å². The number of likely N-dealkylation sites (tertiary alicyclic amines) is 1. The van der Waals surface area contributed by atoms with Gasteiger partial charge in [-0.05, 0) is 48.2 Å². The number of hydrogen-bond donors (Lipinski definition) is 3. The maximum absolute atomic E-state index is 13.5. The minimum absolute atomic E-state index is 0.0133. The van der Waals surface area contributed by atoms with E-state index in [2.05, 4.69) is 5.32 Å². The van der Waals surface area contributed by atoms with Gasteiger partial charge in [-0.2, -0.15) is 0 Å². The fourth-order valence-electron chi connectivity index (χ4n) is 4.55. The first-order valence-corrected chi connectivity index (χ1v) is 11.7. The van der Waals surface area contributed by atoms with Gasteiger partial charge in [0.05, 0.1) is 5.56 Å². The molecule has 2 aromatic carbocycles. The summed E-state index contributed by atoms with van der Waals surface area (Å²) in [5.41, 5.74) is 7.01. The molecule has 0 radical (unpaired) electrons. The molecule has 1 heterocycles. The summed E-state index contributed by atoms with van der Waals surface area (Å²) in [5.74, 6) is -1.94. The first kappa shape index (κ1) is 25.7. The molecule has 8 heteroatoms. The van der Waals surface area contributed by atoms with Crippen LogP contribution in [0.5, 0.6) is 0 Å². The molecule has 2 unspecified atom stereocenters. The van der Waals surface area contributed by atoms with Gasteiger partial charge in [0.2, 0.25) is 5.91 Å². The second-order valence-electron chi connectivity index (χ2n) is 9.95. The zero-order chi connectivity index (χ0) is 25.3. The molecule has 1 fully saturated rings. The molecule has 4 N–H and O–H groups in total. The van der Waals surface area contributed by atoms with E-state index in [9.17, 15) is 19.5 Å². The number of piperidine rings is 1. The largest absolute Gasteiger partial charge is 0.478 e. The monoisotopic (exact) mass is 485 g/mol. The molecule has 0 bridgehead atoms. The van der Waals surface area contributed by atoms with E-state index in [0.717, 1.165) is 5.56 Å². The Morgan fingerprint density at radius 3 is 2.26 bits per heavy atom. The van der Waals surface area contributed by atoms with Gasteiger partial charge < -0.3 is 21.1 Å². The first-order chi connectivity index (χ1) is 15.9. The van der Waals surface area contributed by atoms with Crippen LogP contribution in [-0.2, 0) is 10.3 Å². The molecule has 3 rings (SSSR count). The van der Waals surface area contributed by atoms with Crippen molar-refractivity contribution in [3.05, 3.63) is 70.2 Å². The number of amides is 2. The Hall–Kier alpha value is -2.90. The molecular formula is C26H32ClN3O4. The van der Waals surface area contributed by atoms with Crippen molar-refractivity contribution in [1.29, 1.82) is 0 Å². The van der Waals surface area contributed by atoms with Crippen LogP contribution in [0.2, 0.25) is 5.02 Å². The molecule has 1 aliphatic heterocycles. The maximum atomic E-state index is 13.5. The molecule has 1 aliphatic rings. The molecule has 0 spiro atoms. The lowest BCUT2D eigenvalue weighted by molar-refractivity contribution is -0.139. The molecule has 0 aromatic heterocycles. The van der Waals surface area contributed by atoms with Crippen LogP contribution in [-0.4, -0.2) is 46.9 Å². The van der Waals surface area contributed by atoms with E-state index in [1.165, 1.54) is 24.3 Å². The first-order valence-electron chi connectivity index (χ1n) is 11.3. The van der Waals surface area contributed by atoms with Crippen LogP contribution in [0.15, 0.2) is 48.5 Å². The third kappa shape index (κ3) is 5.10.